The number of hydrogen-bond donors (Lipinski definition) is 1. The van der Waals surface area contributed by atoms with Crippen LogP contribution in [0, 0.1) is 11.3 Å². The van der Waals surface area contributed by atoms with Crippen molar-refractivity contribution in [3.63, 3.8) is 0 Å². The van der Waals surface area contributed by atoms with Gasteiger partial charge in [-0.3, -0.25) is 9.59 Å². The van der Waals surface area contributed by atoms with Gasteiger partial charge in [0.25, 0.3) is 0 Å². The zero-order chi connectivity index (χ0) is 24.3. The fourth-order valence-electron chi connectivity index (χ4n) is 5.62. The Balaban J connectivity index is 0.00000304. The minimum absolute atomic E-state index is 0. The number of hydrogen-bond acceptors (Lipinski definition) is 4. The number of rotatable bonds is 9. The molecule has 3 aliphatic rings. The quantitative estimate of drug-likeness (QED) is 0.449. The minimum atomic E-state index is -0.172. The van der Waals surface area contributed by atoms with E-state index in [0.717, 1.165) is 71.2 Å². The van der Waals surface area contributed by atoms with Crippen LogP contribution >= 0.6 is 24.2 Å². The molecule has 5 rings (SSSR count). The smallest absolute Gasteiger partial charge is 0.229 e. The molecule has 1 spiro atoms. The van der Waals surface area contributed by atoms with Gasteiger partial charge < -0.3 is 15.1 Å². The van der Waals surface area contributed by atoms with Crippen LogP contribution < -0.4 is 5.32 Å². The monoisotopic (exact) mass is 527 g/mol. The number of nitrogens with zero attached hydrogens (tertiary/aromatic N) is 2. The van der Waals surface area contributed by atoms with Gasteiger partial charge in [0.1, 0.15) is 0 Å². The molecule has 0 aromatic heterocycles. The SMILES string of the molecule is CSc1ccc(CN2CCC3(CCN(CC[C@H](NC(=O)C4CC4)c4ccccc4)CC3)C2=O)cc1.Cl. The van der Waals surface area contributed by atoms with Gasteiger partial charge >= 0.3 is 0 Å². The van der Waals surface area contributed by atoms with E-state index in [1.807, 2.05) is 18.2 Å². The third-order valence-corrected chi connectivity index (χ3v) is 8.89. The number of carbonyl (C=O) groups excluding carboxylic acids is 2. The van der Waals surface area contributed by atoms with Crippen molar-refractivity contribution in [3.8, 4) is 0 Å². The molecule has 2 heterocycles. The van der Waals surface area contributed by atoms with E-state index in [1.165, 1.54) is 16.0 Å². The number of halogens is 1. The van der Waals surface area contributed by atoms with Crippen molar-refractivity contribution in [2.45, 2.75) is 56.0 Å². The molecule has 194 valence electrons. The Kier molecular flexibility index (Phi) is 9.02. The second-order valence-electron chi connectivity index (χ2n) is 10.5. The lowest BCUT2D eigenvalue weighted by Crippen LogP contribution is -2.45. The molecule has 1 atom stereocenters. The van der Waals surface area contributed by atoms with Crippen molar-refractivity contribution in [1.29, 1.82) is 0 Å². The van der Waals surface area contributed by atoms with Crippen molar-refractivity contribution in [3.05, 3.63) is 65.7 Å². The maximum Gasteiger partial charge on any atom is 0.229 e. The van der Waals surface area contributed by atoms with Crippen LogP contribution in [-0.4, -0.2) is 54.0 Å². The van der Waals surface area contributed by atoms with E-state index in [0.29, 0.717) is 5.91 Å². The van der Waals surface area contributed by atoms with Crippen molar-refractivity contribution in [2.75, 3.05) is 32.4 Å². The number of thioether (sulfide) groups is 1. The maximum atomic E-state index is 13.4. The van der Waals surface area contributed by atoms with E-state index >= 15 is 0 Å². The Hall–Kier alpha value is -2.02. The third-order valence-electron chi connectivity index (χ3n) is 8.15. The maximum absolute atomic E-state index is 13.4. The molecule has 36 heavy (non-hydrogen) atoms. The van der Waals surface area contributed by atoms with Crippen LogP contribution in [0.5, 0.6) is 0 Å². The lowest BCUT2D eigenvalue weighted by atomic mass is 9.77. The van der Waals surface area contributed by atoms with Gasteiger partial charge in [0.15, 0.2) is 0 Å². The van der Waals surface area contributed by atoms with Crippen LogP contribution in [0.1, 0.15) is 55.7 Å². The zero-order valence-corrected chi connectivity index (χ0v) is 22.8. The highest BCUT2D eigenvalue weighted by atomic mass is 35.5. The summed E-state index contributed by atoms with van der Waals surface area (Å²) in [5.41, 5.74) is 2.22. The van der Waals surface area contributed by atoms with Gasteiger partial charge in [0, 0.05) is 30.4 Å². The number of piperidine rings is 1. The normalized spacial score (nSPS) is 20.2. The van der Waals surface area contributed by atoms with E-state index < -0.39 is 0 Å². The summed E-state index contributed by atoms with van der Waals surface area (Å²) in [5.74, 6) is 0.775. The lowest BCUT2D eigenvalue weighted by molar-refractivity contribution is -0.139. The first kappa shape index (κ1) is 27.0. The molecule has 0 unspecified atom stereocenters. The van der Waals surface area contributed by atoms with Gasteiger partial charge in [-0.1, -0.05) is 42.5 Å². The fraction of sp³-hybridized carbons (Fsp3) is 0.517. The summed E-state index contributed by atoms with van der Waals surface area (Å²) in [7, 11) is 0. The number of carbonyl (C=O) groups is 2. The summed E-state index contributed by atoms with van der Waals surface area (Å²) in [6, 6.07) is 19.0. The molecule has 0 bridgehead atoms. The predicted molar refractivity (Wildman–Crippen MR) is 148 cm³/mol. The molecule has 7 heteroatoms. The standard InChI is InChI=1S/C29H37N3O2S.ClH/c1-35-25-11-7-22(8-12-25)21-32-20-16-29(28(32)34)14-18-31(19-15-29)17-13-26(23-5-3-2-4-6-23)30-27(33)24-9-10-24;/h2-8,11-12,24,26H,9-10,13-21H2,1H3,(H,30,33);1H/t26-;/m0./s1. The second kappa shape index (κ2) is 12.0. The third kappa shape index (κ3) is 6.27. The highest BCUT2D eigenvalue weighted by molar-refractivity contribution is 7.98. The van der Waals surface area contributed by atoms with Crippen LogP contribution in [0.15, 0.2) is 59.5 Å². The number of amides is 2. The molecule has 1 N–H and O–H groups in total. The average Bonchev–Trinajstić information content (AvgIpc) is 3.72. The van der Waals surface area contributed by atoms with Gasteiger partial charge in [0.05, 0.1) is 11.5 Å². The van der Waals surface area contributed by atoms with Crippen LogP contribution in [0.4, 0.5) is 0 Å². The predicted octanol–water partition coefficient (Wildman–Crippen LogP) is 5.30. The van der Waals surface area contributed by atoms with Gasteiger partial charge in [-0.15, -0.1) is 24.2 Å². The summed E-state index contributed by atoms with van der Waals surface area (Å²) in [4.78, 5) is 31.7. The molecule has 5 nitrogen and oxygen atoms in total. The van der Waals surface area contributed by atoms with Crippen LogP contribution in [0.3, 0.4) is 0 Å². The van der Waals surface area contributed by atoms with E-state index in [2.05, 4.69) is 57.8 Å². The van der Waals surface area contributed by atoms with E-state index in [4.69, 9.17) is 0 Å². The fourth-order valence-corrected chi connectivity index (χ4v) is 6.03. The van der Waals surface area contributed by atoms with Crippen molar-refractivity contribution >= 4 is 36.0 Å². The molecular weight excluding hydrogens is 490 g/mol. The minimum Gasteiger partial charge on any atom is -0.349 e. The topological polar surface area (TPSA) is 52.6 Å². The number of benzene rings is 2. The number of nitrogens with one attached hydrogen (secondary N) is 1. The van der Waals surface area contributed by atoms with E-state index in [-0.39, 0.29) is 35.7 Å². The van der Waals surface area contributed by atoms with Gasteiger partial charge in [-0.05, 0) is 81.1 Å². The lowest BCUT2D eigenvalue weighted by Gasteiger charge is -2.38. The van der Waals surface area contributed by atoms with Crippen molar-refractivity contribution in [1.82, 2.24) is 15.1 Å². The van der Waals surface area contributed by atoms with Crippen molar-refractivity contribution < 1.29 is 9.59 Å². The molecule has 1 aliphatic carbocycles. The summed E-state index contributed by atoms with van der Waals surface area (Å²) >= 11 is 1.74. The van der Waals surface area contributed by atoms with Crippen LogP contribution in [0.2, 0.25) is 0 Å². The molecule has 0 radical (unpaired) electrons. The summed E-state index contributed by atoms with van der Waals surface area (Å²) in [6.07, 6.45) is 7.90. The molecule has 2 aromatic rings. The molecule has 2 saturated heterocycles. The molecule has 1 saturated carbocycles. The molecule has 2 aromatic carbocycles. The van der Waals surface area contributed by atoms with Crippen molar-refractivity contribution in [2.24, 2.45) is 11.3 Å². The van der Waals surface area contributed by atoms with Gasteiger partial charge in [-0.2, -0.15) is 0 Å². The number of likely N-dealkylation sites (tertiary alicyclic amines) is 2. The molecule has 3 fully saturated rings. The molecule has 2 amide bonds. The Morgan fingerprint density at radius 3 is 2.33 bits per heavy atom. The first-order chi connectivity index (χ1) is 17.1. The summed E-state index contributed by atoms with van der Waals surface area (Å²) < 4.78 is 0. The molecular formula is C29H38ClN3O2S. The zero-order valence-electron chi connectivity index (χ0n) is 21.2. The highest BCUT2D eigenvalue weighted by Crippen LogP contribution is 2.42. The molecule has 2 aliphatic heterocycles. The highest BCUT2D eigenvalue weighted by Gasteiger charge is 2.47. The largest absolute Gasteiger partial charge is 0.349 e. The van der Waals surface area contributed by atoms with Gasteiger partial charge in [0.2, 0.25) is 11.8 Å². The average molecular weight is 528 g/mol. The Bertz CT molecular complexity index is 1020. The summed E-state index contributed by atoms with van der Waals surface area (Å²) in [6.45, 7) is 4.45. The van der Waals surface area contributed by atoms with Crippen LogP contribution in [0.25, 0.3) is 0 Å². The van der Waals surface area contributed by atoms with Gasteiger partial charge in [-0.25, -0.2) is 0 Å². The van der Waals surface area contributed by atoms with E-state index in [1.54, 1.807) is 11.8 Å². The Morgan fingerprint density at radius 2 is 1.69 bits per heavy atom. The Labute approximate surface area is 225 Å². The van der Waals surface area contributed by atoms with E-state index in [9.17, 15) is 9.59 Å². The first-order valence-corrected chi connectivity index (χ1v) is 14.3. The summed E-state index contributed by atoms with van der Waals surface area (Å²) in [5, 5.41) is 3.30. The Morgan fingerprint density at radius 1 is 1.03 bits per heavy atom. The van der Waals surface area contributed by atoms with Crippen LogP contribution in [-0.2, 0) is 16.1 Å². The first-order valence-electron chi connectivity index (χ1n) is 13.1. The second-order valence-corrected chi connectivity index (χ2v) is 11.4.